The summed E-state index contributed by atoms with van der Waals surface area (Å²) < 4.78 is 23.8. The average molecular weight is 108 g/mol. The molecular formula is C2H2FO2P. The highest BCUT2D eigenvalue weighted by Crippen LogP contribution is 1.92. The van der Waals surface area contributed by atoms with E-state index >= 15 is 0 Å². The Balaban J connectivity index is 2.85. The van der Waals surface area contributed by atoms with Gasteiger partial charge in [-0.15, -0.1) is 0 Å². The Morgan fingerprint density at radius 2 is 2.50 bits per heavy atom. The van der Waals surface area contributed by atoms with Crippen molar-refractivity contribution in [2.75, 3.05) is 0 Å². The van der Waals surface area contributed by atoms with Crippen LogP contribution in [0, 0.1) is 0 Å². The summed E-state index contributed by atoms with van der Waals surface area (Å²) in [5, 5.41) is 0. The van der Waals surface area contributed by atoms with Gasteiger partial charge in [0.05, 0.1) is 0 Å². The molecule has 0 aliphatic rings. The third-order valence-electron chi connectivity index (χ3n) is 0.155. The molecule has 0 heterocycles. The second-order valence-electron chi connectivity index (χ2n) is 0.442. The molecule has 0 rings (SSSR count). The Morgan fingerprint density at radius 3 is 2.67 bits per heavy atom. The van der Waals surface area contributed by atoms with Gasteiger partial charge in [0.15, 0.2) is 0 Å². The van der Waals surface area contributed by atoms with Gasteiger partial charge in [0, 0.05) is 0 Å². The molecule has 0 aliphatic heterocycles. The molecule has 4 heteroatoms. The Hall–Kier alpha value is -0.430. The zero-order chi connectivity index (χ0) is 4.83. The second-order valence-corrected chi connectivity index (χ2v) is 0.802. The molecular weight excluding hydrogens is 106 g/mol. The first-order chi connectivity index (χ1) is 2.91. The van der Waals surface area contributed by atoms with E-state index < -0.39 is 8.69 Å². The van der Waals surface area contributed by atoms with Crippen molar-refractivity contribution in [3.05, 3.63) is 12.6 Å². The number of hydrogen-bond donors (Lipinski definition) is 0. The SMILES string of the molecule is O=POC=CF. The van der Waals surface area contributed by atoms with E-state index in [9.17, 15) is 8.96 Å². The molecule has 0 aromatic heterocycles. The molecule has 0 N–H and O–H groups in total. The highest BCUT2D eigenvalue weighted by Gasteiger charge is 1.63. The third-order valence-corrected chi connectivity index (χ3v) is 0.363. The Bertz CT molecular complexity index is 62.6. The van der Waals surface area contributed by atoms with Crippen molar-refractivity contribution in [3.8, 4) is 0 Å². The quantitative estimate of drug-likeness (QED) is 0.397. The van der Waals surface area contributed by atoms with Crippen LogP contribution >= 0.6 is 8.69 Å². The van der Waals surface area contributed by atoms with Gasteiger partial charge in [0.2, 0.25) is 0 Å². The van der Waals surface area contributed by atoms with Gasteiger partial charge >= 0.3 is 8.69 Å². The summed E-state index contributed by atoms with van der Waals surface area (Å²) in [6, 6.07) is 0. The maximum absolute atomic E-state index is 10.7. The van der Waals surface area contributed by atoms with Gasteiger partial charge in [0.25, 0.3) is 0 Å². The second kappa shape index (κ2) is 4.57. The zero-order valence-electron chi connectivity index (χ0n) is 2.80. The molecule has 34 valence electrons. The van der Waals surface area contributed by atoms with E-state index in [1.807, 2.05) is 0 Å². The first-order valence-electron chi connectivity index (χ1n) is 1.15. The van der Waals surface area contributed by atoms with Crippen LogP contribution in [0.4, 0.5) is 4.39 Å². The fraction of sp³-hybridized carbons (Fsp3) is 0. The van der Waals surface area contributed by atoms with Crippen LogP contribution in [-0.4, -0.2) is 0 Å². The highest BCUT2D eigenvalue weighted by molar-refractivity contribution is 7.17. The summed E-state index contributed by atoms with van der Waals surface area (Å²) in [5.41, 5.74) is 0. The topological polar surface area (TPSA) is 26.3 Å². The van der Waals surface area contributed by atoms with Crippen LogP contribution in [0.3, 0.4) is 0 Å². The van der Waals surface area contributed by atoms with E-state index in [2.05, 4.69) is 4.52 Å². The Labute approximate surface area is 35.9 Å². The lowest BCUT2D eigenvalue weighted by atomic mass is 11.1. The number of halogens is 1. The molecule has 6 heavy (non-hydrogen) atoms. The molecule has 0 atom stereocenters. The minimum atomic E-state index is -0.531. The van der Waals surface area contributed by atoms with E-state index in [4.69, 9.17) is 0 Å². The molecule has 0 radical (unpaired) electrons. The minimum absolute atomic E-state index is 0.158. The average Bonchev–Trinajstić information content (AvgIpc) is 1.61. The molecule has 2 nitrogen and oxygen atoms in total. The third kappa shape index (κ3) is 3.57. The number of hydrogen-bond acceptors (Lipinski definition) is 2. The lowest BCUT2D eigenvalue weighted by Gasteiger charge is -1.70. The molecule has 0 unspecified atom stereocenters. The molecule has 0 saturated carbocycles. The van der Waals surface area contributed by atoms with E-state index in [1.54, 1.807) is 0 Å². The molecule has 0 aliphatic carbocycles. The van der Waals surface area contributed by atoms with Crippen molar-refractivity contribution >= 4 is 8.69 Å². The van der Waals surface area contributed by atoms with Crippen LogP contribution < -0.4 is 0 Å². The highest BCUT2D eigenvalue weighted by atomic mass is 31.1. The zero-order valence-corrected chi connectivity index (χ0v) is 3.69. The largest absolute Gasteiger partial charge is 0.413 e. The lowest BCUT2D eigenvalue weighted by molar-refractivity contribution is 0.472. The standard InChI is InChI=1S/C2H2FO2P/c3-1-2-5-6-4/h1-2H. The van der Waals surface area contributed by atoms with Gasteiger partial charge < -0.3 is 4.52 Å². The van der Waals surface area contributed by atoms with Crippen LogP contribution in [0.2, 0.25) is 0 Å². The maximum Gasteiger partial charge on any atom is 0.395 e. The molecule has 0 spiro atoms. The van der Waals surface area contributed by atoms with Gasteiger partial charge in [-0.05, 0) is 0 Å². The van der Waals surface area contributed by atoms with Gasteiger partial charge in [-0.1, -0.05) is 0 Å². The Kier molecular flexibility index (Phi) is 4.24. The van der Waals surface area contributed by atoms with E-state index in [0.717, 1.165) is 0 Å². The van der Waals surface area contributed by atoms with Crippen LogP contribution in [0.5, 0.6) is 0 Å². The van der Waals surface area contributed by atoms with Crippen LogP contribution in [-0.2, 0) is 9.09 Å². The van der Waals surface area contributed by atoms with Crippen LogP contribution in [0.25, 0.3) is 0 Å². The summed E-state index contributed by atoms with van der Waals surface area (Å²) in [6.07, 6.45) is 0.847. The van der Waals surface area contributed by atoms with Crippen molar-refractivity contribution in [2.24, 2.45) is 0 Å². The summed E-state index contributed by atoms with van der Waals surface area (Å²) in [6.45, 7) is 0. The van der Waals surface area contributed by atoms with Crippen LogP contribution in [0.15, 0.2) is 12.6 Å². The predicted molar refractivity (Wildman–Crippen MR) is 18.9 cm³/mol. The monoisotopic (exact) mass is 108 g/mol. The Morgan fingerprint density at radius 1 is 1.83 bits per heavy atom. The van der Waals surface area contributed by atoms with Crippen LogP contribution in [0.1, 0.15) is 0 Å². The summed E-state index contributed by atoms with van der Waals surface area (Å²) in [5.74, 6) is 0. The molecule has 0 saturated heterocycles. The number of rotatable bonds is 2. The first kappa shape index (κ1) is 5.57. The van der Waals surface area contributed by atoms with E-state index in [-0.39, 0.29) is 6.33 Å². The fourth-order valence-electron chi connectivity index (χ4n) is 0.0478. The van der Waals surface area contributed by atoms with Crippen molar-refractivity contribution in [1.29, 1.82) is 0 Å². The molecule has 0 aromatic rings. The summed E-state index contributed by atoms with van der Waals surface area (Å²) >= 11 is 0. The smallest absolute Gasteiger partial charge is 0.395 e. The first-order valence-corrected chi connectivity index (χ1v) is 1.88. The molecule has 0 bridgehead atoms. The molecule has 0 aromatic carbocycles. The van der Waals surface area contributed by atoms with E-state index in [0.29, 0.717) is 6.26 Å². The normalized spacial score (nSPS) is 10.2. The predicted octanol–water partition coefficient (Wildman–Crippen LogP) is 1.65. The van der Waals surface area contributed by atoms with Crippen molar-refractivity contribution in [2.45, 2.75) is 0 Å². The van der Waals surface area contributed by atoms with E-state index in [1.165, 1.54) is 0 Å². The minimum Gasteiger partial charge on any atom is -0.413 e. The summed E-state index contributed by atoms with van der Waals surface area (Å²) in [7, 11) is -0.531. The summed E-state index contributed by atoms with van der Waals surface area (Å²) in [4.78, 5) is 0. The molecule has 0 amide bonds. The van der Waals surface area contributed by atoms with Gasteiger partial charge in [-0.3, -0.25) is 0 Å². The molecule has 0 fully saturated rings. The maximum atomic E-state index is 10.7. The van der Waals surface area contributed by atoms with Crippen molar-refractivity contribution < 1.29 is 13.5 Å². The van der Waals surface area contributed by atoms with Crippen molar-refractivity contribution in [3.63, 3.8) is 0 Å². The lowest BCUT2D eigenvalue weighted by Crippen LogP contribution is -1.45. The van der Waals surface area contributed by atoms with Crippen molar-refractivity contribution in [1.82, 2.24) is 0 Å². The fourth-order valence-corrected chi connectivity index (χ4v) is 0.144. The van der Waals surface area contributed by atoms with Gasteiger partial charge in [-0.25, -0.2) is 8.96 Å². The van der Waals surface area contributed by atoms with Gasteiger partial charge in [-0.2, -0.15) is 0 Å². The van der Waals surface area contributed by atoms with Gasteiger partial charge in [0.1, 0.15) is 12.6 Å².